The Labute approximate surface area is 115 Å². The SMILES string of the molecule is CC1CCC(N)C(Cc2cccc3ccccc23)C1. The summed E-state index contributed by atoms with van der Waals surface area (Å²) >= 11 is 0. The molecule has 1 nitrogen and oxygen atoms in total. The molecule has 19 heavy (non-hydrogen) atoms. The van der Waals surface area contributed by atoms with Crippen LogP contribution in [0.25, 0.3) is 10.8 Å². The van der Waals surface area contributed by atoms with E-state index in [4.69, 9.17) is 5.73 Å². The highest BCUT2D eigenvalue weighted by atomic mass is 14.7. The van der Waals surface area contributed by atoms with E-state index in [2.05, 4.69) is 49.4 Å². The van der Waals surface area contributed by atoms with Crippen molar-refractivity contribution < 1.29 is 0 Å². The Morgan fingerprint density at radius 3 is 2.74 bits per heavy atom. The molecule has 1 aliphatic rings. The molecule has 1 heteroatoms. The Hall–Kier alpha value is -1.34. The molecule has 0 saturated heterocycles. The van der Waals surface area contributed by atoms with Gasteiger partial charge in [0.25, 0.3) is 0 Å². The van der Waals surface area contributed by atoms with E-state index in [-0.39, 0.29) is 0 Å². The van der Waals surface area contributed by atoms with Gasteiger partial charge >= 0.3 is 0 Å². The zero-order valence-electron chi connectivity index (χ0n) is 11.7. The summed E-state index contributed by atoms with van der Waals surface area (Å²) in [6.45, 7) is 2.36. The van der Waals surface area contributed by atoms with Crippen LogP contribution in [0.2, 0.25) is 0 Å². The van der Waals surface area contributed by atoms with Crippen molar-refractivity contribution in [3.05, 3.63) is 48.0 Å². The molecule has 0 heterocycles. The van der Waals surface area contributed by atoms with E-state index in [9.17, 15) is 0 Å². The van der Waals surface area contributed by atoms with Crippen molar-refractivity contribution in [2.45, 2.75) is 38.6 Å². The van der Waals surface area contributed by atoms with E-state index in [1.807, 2.05) is 0 Å². The molecule has 0 radical (unpaired) electrons. The Kier molecular flexibility index (Phi) is 3.56. The van der Waals surface area contributed by atoms with Crippen molar-refractivity contribution in [1.82, 2.24) is 0 Å². The maximum absolute atomic E-state index is 6.33. The van der Waals surface area contributed by atoms with Crippen molar-refractivity contribution in [2.75, 3.05) is 0 Å². The van der Waals surface area contributed by atoms with Gasteiger partial charge in [0.05, 0.1) is 0 Å². The third-order valence-corrected chi connectivity index (χ3v) is 4.67. The van der Waals surface area contributed by atoms with Gasteiger partial charge in [0.15, 0.2) is 0 Å². The fourth-order valence-electron chi connectivity index (χ4n) is 3.51. The number of rotatable bonds is 2. The number of benzene rings is 2. The molecule has 0 spiro atoms. The molecule has 2 aromatic carbocycles. The molecular formula is C18H23N. The van der Waals surface area contributed by atoms with E-state index in [1.54, 1.807) is 0 Å². The first-order valence-electron chi connectivity index (χ1n) is 7.46. The zero-order valence-corrected chi connectivity index (χ0v) is 11.7. The molecule has 0 aromatic heterocycles. The minimum Gasteiger partial charge on any atom is -0.327 e. The van der Waals surface area contributed by atoms with Crippen LogP contribution in [0.5, 0.6) is 0 Å². The Morgan fingerprint density at radius 2 is 1.84 bits per heavy atom. The molecular weight excluding hydrogens is 230 g/mol. The molecule has 0 aliphatic heterocycles. The molecule has 0 amide bonds. The summed E-state index contributed by atoms with van der Waals surface area (Å²) in [6.07, 6.45) is 4.90. The minimum atomic E-state index is 0.384. The molecule has 0 bridgehead atoms. The van der Waals surface area contributed by atoms with Crippen LogP contribution < -0.4 is 5.73 Å². The van der Waals surface area contributed by atoms with Crippen LogP contribution >= 0.6 is 0 Å². The van der Waals surface area contributed by atoms with Crippen LogP contribution in [0.1, 0.15) is 31.7 Å². The van der Waals surface area contributed by atoms with Gasteiger partial charge in [-0.25, -0.2) is 0 Å². The summed E-state index contributed by atoms with van der Waals surface area (Å²) in [5, 5.41) is 2.74. The van der Waals surface area contributed by atoms with Gasteiger partial charge in [-0.15, -0.1) is 0 Å². The molecule has 3 atom stereocenters. The molecule has 100 valence electrons. The van der Waals surface area contributed by atoms with Crippen LogP contribution in [0.3, 0.4) is 0 Å². The van der Waals surface area contributed by atoms with Crippen LogP contribution in [-0.4, -0.2) is 6.04 Å². The monoisotopic (exact) mass is 253 g/mol. The normalized spacial score (nSPS) is 27.6. The summed E-state index contributed by atoms with van der Waals surface area (Å²) < 4.78 is 0. The third kappa shape index (κ3) is 2.66. The standard InChI is InChI=1S/C18H23N/c1-13-9-10-18(19)16(11-13)12-15-7-4-6-14-5-2-3-8-17(14)15/h2-8,13,16,18H,9-12,19H2,1H3. The number of nitrogens with two attached hydrogens (primary N) is 1. The topological polar surface area (TPSA) is 26.0 Å². The first kappa shape index (κ1) is 12.7. The van der Waals surface area contributed by atoms with Gasteiger partial charge in [-0.05, 0) is 53.9 Å². The zero-order chi connectivity index (χ0) is 13.2. The van der Waals surface area contributed by atoms with E-state index >= 15 is 0 Å². The lowest BCUT2D eigenvalue weighted by Crippen LogP contribution is -2.36. The largest absolute Gasteiger partial charge is 0.327 e. The second kappa shape index (κ2) is 5.34. The number of hydrogen-bond acceptors (Lipinski definition) is 1. The summed E-state index contributed by atoms with van der Waals surface area (Å²) in [6, 6.07) is 15.7. The maximum Gasteiger partial charge on any atom is 0.00705 e. The Balaban J connectivity index is 1.88. The van der Waals surface area contributed by atoms with E-state index in [1.165, 1.54) is 35.6 Å². The van der Waals surface area contributed by atoms with Crippen LogP contribution in [0, 0.1) is 11.8 Å². The lowest BCUT2D eigenvalue weighted by Gasteiger charge is -2.32. The molecule has 1 fully saturated rings. The van der Waals surface area contributed by atoms with Gasteiger partial charge < -0.3 is 5.73 Å². The average Bonchev–Trinajstić information content (AvgIpc) is 2.43. The van der Waals surface area contributed by atoms with Crippen molar-refractivity contribution in [3.8, 4) is 0 Å². The van der Waals surface area contributed by atoms with Gasteiger partial charge in [-0.3, -0.25) is 0 Å². The number of hydrogen-bond donors (Lipinski definition) is 1. The quantitative estimate of drug-likeness (QED) is 0.855. The molecule has 3 unspecified atom stereocenters. The predicted molar refractivity (Wildman–Crippen MR) is 82.1 cm³/mol. The first-order valence-corrected chi connectivity index (χ1v) is 7.46. The highest BCUT2D eigenvalue weighted by molar-refractivity contribution is 5.85. The number of fused-ring (bicyclic) bond motifs is 1. The lowest BCUT2D eigenvalue weighted by atomic mass is 9.76. The fraction of sp³-hybridized carbons (Fsp3) is 0.444. The van der Waals surface area contributed by atoms with Crippen molar-refractivity contribution >= 4 is 10.8 Å². The van der Waals surface area contributed by atoms with E-state index < -0.39 is 0 Å². The lowest BCUT2D eigenvalue weighted by molar-refractivity contribution is 0.245. The third-order valence-electron chi connectivity index (χ3n) is 4.67. The highest BCUT2D eigenvalue weighted by Crippen LogP contribution is 2.32. The fourth-order valence-corrected chi connectivity index (χ4v) is 3.51. The van der Waals surface area contributed by atoms with Gasteiger partial charge in [-0.1, -0.05) is 49.4 Å². The Morgan fingerprint density at radius 1 is 1.05 bits per heavy atom. The molecule has 1 saturated carbocycles. The van der Waals surface area contributed by atoms with Gasteiger partial charge in [-0.2, -0.15) is 0 Å². The highest BCUT2D eigenvalue weighted by Gasteiger charge is 2.26. The second-order valence-corrected chi connectivity index (χ2v) is 6.18. The minimum absolute atomic E-state index is 0.384. The van der Waals surface area contributed by atoms with Crippen LogP contribution in [0.4, 0.5) is 0 Å². The van der Waals surface area contributed by atoms with Gasteiger partial charge in [0, 0.05) is 6.04 Å². The maximum atomic E-state index is 6.33. The molecule has 3 rings (SSSR count). The van der Waals surface area contributed by atoms with Crippen molar-refractivity contribution in [1.29, 1.82) is 0 Å². The van der Waals surface area contributed by atoms with Crippen LogP contribution in [0.15, 0.2) is 42.5 Å². The van der Waals surface area contributed by atoms with Gasteiger partial charge in [0.2, 0.25) is 0 Å². The second-order valence-electron chi connectivity index (χ2n) is 6.18. The first-order chi connectivity index (χ1) is 9.24. The molecule has 2 aromatic rings. The summed E-state index contributed by atoms with van der Waals surface area (Å²) in [7, 11) is 0. The van der Waals surface area contributed by atoms with Crippen molar-refractivity contribution in [3.63, 3.8) is 0 Å². The summed E-state index contributed by atoms with van der Waals surface area (Å²) in [5.74, 6) is 1.48. The predicted octanol–water partition coefficient (Wildman–Crippen LogP) is 4.15. The Bertz CT molecular complexity index is 555. The smallest absolute Gasteiger partial charge is 0.00705 e. The van der Waals surface area contributed by atoms with Gasteiger partial charge in [0.1, 0.15) is 0 Å². The summed E-state index contributed by atoms with van der Waals surface area (Å²) in [4.78, 5) is 0. The van der Waals surface area contributed by atoms with E-state index in [0.717, 1.165) is 12.3 Å². The average molecular weight is 253 g/mol. The summed E-state index contributed by atoms with van der Waals surface area (Å²) in [5.41, 5.74) is 7.80. The van der Waals surface area contributed by atoms with Crippen molar-refractivity contribution in [2.24, 2.45) is 17.6 Å². The van der Waals surface area contributed by atoms with E-state index in [0.29, 0.717) is 12.0 Å². The molecule has 2 N–H and O–H groups in total. The van der Waals surface area contributed by atoms with Crippen LogP contribution in [-0.2, 0) is 6.42 Å². The molecule has 1 aliphatic carbocycles.